The molecule has 0 saturated carbocycles. The lowest BCUT2D eigenvalue weighted by molar-refractivity contribution is 0.0686. The zero-order valence-corrected chi connectivity index (χ0v) is 39.9. The molecule has 0 radical (unpaired) electrons. The van der Waals surface area contributed by atoms with Crippen LogP contribution in [0.1, 0.15) is 68.4 Å². The first kappa shape index (κ1) is 45.2. The molecule has 62 heavy (non-hydrogen) atoms. The van der Waals surface area contributed by atoms with Crippen LogP contribution in [-0.4, -0.2) is 84.1 Å². The summed E-state index contributed by atoms with van der Waals surface area (Å²) >= 11 is 13.7. The van der Waals surface area contributed by atoms with Crippen LogP contribution in [0.2, 0.25) is 35.7 Å². The van der Waals surface area contributed by atoms with Gasteiger partial charge in [0.15, 0.2) is 0 Å². The van der Waals surface area contributed by atoms with Gasteiger partial charge in [-0.25, -0.2) is 9.48 Å². The van der Waals surface area contributed by atoms with Crippen molar-refractivity contribution in [1.82, 2.24) is 18.9 Å². The fourth-order valence-corrected chi connectivity index (χ4v) is 9.82. The summed E-state index contributed by atoms with van der Waals surface area (Å²) in [7, 11) is 2.03. The second-order valence-electron chi connectivity index (χ2n) is 17.6. The number of hydrogen-bond acceptors (Lipinski definition) is 7. The third-order valence-electron chi connectivity index (χ3n) is 11.8. The number of benzene rings is 3. The molecule has 0 saturated heterocycles. The molecule has 3 aromatic heterocycles. The molecular weight excluding hydrogens is 846 g/mol. The molecule has 0 fully saturated rings. The molecule has 12 nitrogen and oxygen atoms in total. The minimum absolute atomic E-state index is 0.0979. The number of carboxylic acid groups (broad SMARTS) is 1. The van der Waals surface area contributed by atoms with Gasteiger partial charge in [0.1, 0.15) is 36.2 Å². The molecular formula is C47H57Cl2N5O7Si. The van der Waals surface area contributed by atoms with Crippen LogP contribution < -0.4 is 14.4 Å². The van der Waals surface area contributed by atoms with Crippen molar-refractivity contribution in [3.8, 4) is 22.6 Å². The molecule has 1 aliphatic heterocycles. The first-order valence-corrected chi connectivity index (χ1v) is 25.5. The van der Waals surface area contributed by atoms with Crippen LogP contribution in [0.4, 0.5) is 5.69 Å². The van der Waals surface area contributed by atoms with Gasteiger partial charge in [0.25, 0.3) is 5.91 Å². The number of fused-ring (bicyclic) bond motifs is 4. The van der Waals surface area contributed by atoms with Crippen LogP contribution in [0, 0.1) is 27.7 Å². The number of aromatic nitrogens is 4. The third kappa shape index (κ3) is 8.74. The normalized spacial score (nSPS) is 14.4. The lowest BCUT2D eigenvalue weighted by Gasteiger charge is -2.35. The van der Waals surface area contributed by atoms with Gasteiger partial charge < -0.3 is 38.1 Å². The van der Waals surface area contributed by atoms with E-state index in [4.69, 9.17) is 47.2 Å². The van der Waals surface area contributed by atoms with E-state index in [0.29, 0.717) is 79.0 Å². The van der Waals surface area contributed by atoms with Crippen LogP contribution in [0.25, 0.3) is 32.9 Å². The Bertz CT molecular complexity index is 2670. The van der Waals surface area contributed by atoms with Gasteiger partial charge in [-0.2, -0.15) is 5.10 Å². The van der Waals surface area contributed by atoms with Crippen molar-refractivity contribution in [3.63, 3.8) is 0 Å². The van der Waals surface area contributed by atoms with Crippen LogP contribution in [-0.2, 0) is 29.7 Å². The summed E-state index contributed by atoms with van der Waals surface area (Å²) in [5.41, 5.74) is 8.92. The van der Waals surface area contributed by atoms with E-state index in [1.807, 2.05) is 62.7 Å². The van der Waals surface area contributed by atoms with Crippen LogP contribution in [0.15, 0.2) is 42.5 Å². The summed E-state index contributed by atoms with van der Waals surface area (Å²) in [5.74, 6) is -0.0370. The van der Waals surface area contributed by atoms with Crippen molar-refractivity contribution in [2.24, 2.45) is 7.05 Å². The number of aryl methyl sites for hydroxylation is 5. The average Bonchev–Trinajstić information content (AvgIpc) is 3.83. The van der Waals surface area contributed by atoms with Crippen molar-refractivity contribution >= 4 is 70.6 Å². The smallest absolute Gasteiger partial charge is 0.352 e. The molecule has 0 spiro atoms. The summed E-state index contributed by atoms with van der Waals surface area (Å²) in [5, 5.41) is 17.9. The molecule has 1 aliphatic rings. The Balaban J connectivity index is 1.37. The maximum atomic E-state index is 15.5. The Hall–Kier alpha value is -4.79. The summed E-state index contributed by atoms with van der Waals surface area (Å²) in [6.45, 7) is 19.4. The van der Waals surface area contributed by atoms with E-state index >= 15 is 4.79 Å². The van der Waals surface area contributed by atoms with Crippen molar-refractivity contribution in [2.45, 2.75) is 85.9 Å². The summed E-state index contributed by atoms with van der Waals surface area (Å²) in [6.07, 6.45) is 1.15. The molecule has 15 heteroatoms. The van der Waals surface area contributed by atoms with E-state index in [-0.39, 0.29) is 24.2 Å². The maximum absolute atomic E-state index is 15.5. The van der Waals surface area contributed by atoms with Crippen molar-refractivity contribution < 1.29 is 33.6 Å². The summed E-state index contributed by atoms with van der Waals surface area (Å²) < 4.78 is 29.4. The lowest BCUT2D eigenvalue weighted by Crippen LogP contribution is -2.43. The quantitative estimate of drug-likeness (QED) is 0.0709. The van der Waals surface area contributed by atoms with E-state index in [0.717, 1.165) is 66.9 Å². The topological polar surface area (TPSA) is 122 Å². The monoisotopic (exact) mass is 901 g/mol. The second kappa shape index (κ2) is 18.1. The number of ether oxygens (including phenoxy) is 4. The Morgan fingerprint density at radius 2 is 1.61 bits per heavy atom. The minimum atomic E-state index is -1.28. The average molecular weight is 903 g/mol. The van der Waals surface area contributed by atoms with Gasteiger partial charge in [-0.05, 0) is 101 Å². The number of halogens is 2. The van der Waals surface area contributed by atoms with Gasteiger partial charge in [-0.15, -0.1) is 0 Å². The van der Waals surface area contributed by atoms with E-state index in [1.54, 1.807) is 35.8 Å². The SMILES string of the molecule is COCCOc1cc(N2CC(C)n3c(c(CCCOc4cc(C)c(Cl)c(C)c4)c4ccc(Cl)c(-c5c(C)nn(COCC[Si](C)(C)C)c5C)c43)C2=O)c2c(c1)cc(C(=O)O)n2C. The minimum Gasteiger partial charge on any atom is -0.494 e. The van der Waals surface area contributed by atoms with Crippen molar-refractivity contribution in [3.05, 3.63) is 92.0 Å². The molecule has 1 atom stereocenters. The predicted octanol–water partition coefficient (Wildman–Crippen LogP) is 10.8. The van der Waals surface area contributed by atoms with E-state index in [1.165, 1.54) is 0 Å². The first-order chi connectivity index (χ1) is 29.4. The molecule has 3 aromatic carbocycles. The molecule has 1 N–H and O–H groups in total. The van der Waals surface area contributed by atoms with Crippen LogP contribution in [0.5, 0.6) is 11.5 Å². The van der Waals surface area contributed by atoms with Crippen molar-refractivity contribution in [2.75, 3.05) is 45.0 Å². The van der Waals surface area contributed by atoms with Crippen LogP contribution in [0.3, 0.4) is 0 Å². The highest BCUT2D eigenvalue weighted by molar-refractivity contribution is 6.76. The van der Waals surface area contributed by atoms with Gasteiger partial charge in [0.05, 0.1) is 40.7 Å². The molecule has 1 unspecified atom stereocenters. The van der Waals surface area contributed by atoms with E-state index < -0.39 is 14.0 Å². The van der Waals surface area contributed by atoms with Gasteiger partial charge in [-0.1, -0.05) is 48.9 Å². The number of carboxylic acids is 1. The van der Waals surface area contributed by atoms with Gasteiger partial charge >= 0.3 is 5.97 Å². The maximum Gasteiger partial charge on any atom is 0.352 e. The van der Waals surface area contributed by atoms with Crippen molar-refractivity contribution in [1.29, 1.82) is 0 Å². The van der Waals surface area contributed by atoms with Crippen LogP contribution >= 0.6 is 23.2 Å². The molecule has 330 valence electrons. The van der Waals surface area contributed by atoms with Gasteiger partial charge in [-0.3, -0.25) is 4.79 Å². The standard InChI is InChI=1S/C47H57Cl2N5O7Si/c1-27-20-33(21-28(2)42(27)49)60-15-11-12-35-36-13-14-37(48)41(40-30(4)50-53(31(40)5)26-59-18-19-62(8,9)10)44(36)54-29(3)25-52(46(55)45(35)54)38-24-34(61-17-16-58-7)22-32-23-39(47(56)57)51(6)43(32)38/h13-14,20-24,29H,11-12,15-19,25-26H2,1-10H3,(H,56,57). The number of methoxy groups -OCH3 is 1. The molecule has 6 aromatic rings. The number of anilines is 1. The zero-order chi connectivity index (χ0) is 44.8. The number of carbonyl (C=O) groups excluding carboxylic acids is 1. The Kier molecular flexibility index (Phi) is 13.2. The first-order valence-electron chi connectivity index (χ1n) is 21.1. The zero-order valence-electron chi connectivity index (χ0n) is 37.4. The Morgan fingerprint density at radius 3 is 2.29 bits per heavy atom. The molecule has 0 bridgehead atoms. The number of rotatable bonds is 17. The fourth-order valence-electron chi connectivity index (χ4n) is 8.71. The van der Waals surface area contributed by atoms with E-state index in [2.05, 4.69) is 31.1 Å². The second-order valence-corrected chi connectivity index (χ2v) is 24.0. The highest BCUT2D eigenvalue weighted by atomic mass is 35.5. The summed E-state index contributed by atoms with van der Waals surface area (Å²) in [4.78, 5) is 29.6. The Morgan fingerprint density at radius 1 is 0.919 bits per heavy atom. The third-order valence-corrected chi connectivity index (χ3v) is 14.4. The lowest BCUT2D eigenvalue weighted by atomic mass is 9.98. The highest BCUT2D eigenvalue weighted by Gasteiger charge is 2.38. The molecule has 4 heterocycles. The van der Waals surface area contributed by atoms with Gasteiger partial charge in [0, 0.05) is 80.1 Å². The number of hydrogen-bond donors (Lipinski definition) is 1. The molecule has 1 amide bonds. The Labute approximate surface area is 374 Å². The molecule has 7 rings (SSSR count). The molecule has 0 aliphatic carbocycles. The van der Waals surface area contributed by atoms with E-state index in [9.17, 15) is 9.90 Å². The number of aromatic carboxylic acids is 1. The fraction of sp³-hybridized carbons (Fsp3) is 0.426. The summed E-state index contributed by atoms with van der Waals surface area (Å²) in [6, 6.07) is 13.9. The van der Waals surface area contributed by atoms with Gasteiger partial charge in [0.2, 0.25) is 0 Å². The predicted molar refractivity (Wildman–Crippen MR) is 250 cm³/mol. The highest BCUT2D eigenvalue weighted by Crippen LogP contribution is 2.46. The number of amides is 1. The number of nitrogens with zero attached hydrogens (tertiary/aromatic N) is 5. The number of carbonyl (C=O) groups is 2. The largest absolute Gasteiger partial charge is 0.494 e.